The van der Waals surface area contributed by atoms with Gasteiger partial charge in [-0.15, -0.1) is 0 Å². The van der Waals surface area contributed by atoms with Gasteiger partial charge in [-0.3, -0.25) is 0 Å². The van der Waals surface area contributed by atoms with Crippen molar-refractivity contribution in [3.63, 3.8) is 0 Å². The fourth-order valence-corrected chi connectivity index (χ4v) is 3.35. The van der Waals surface area contributed by atoms with Crippen LogP contribution < -0.4 is 0 Å². The first-order valence-corrected chi connectivity index (χ1v) is 8.68. The molecular weight excluding hydrogens is 346 g/mol. The van der Waals surface area contributed by atoms with Crippen LogP contribution in [0.3, 0.4) is 0 Å². The molecule has 0 aliphatic rings. The van der Waals surface area contributed by atoms with Gasteiger partial charge in [-0.05, 0) is 44.8 Å². The van der Waals surface area contributed by atoms with Gasteiger partial charge in [0.05, 0.1) is 0 Å². The summed E-state index contributed by atoms with van der Waals surface area (Å²) < 4.78 is 29.8. The minimum Gasteiger partial charge on any atom is -0.382 e. The van der Waals surface area contributed by atoms with Crippen LogP contribution in [-0.4, -0.2) is 16.1 Å². The van der Waals surface area contributed by atoms with E-state index in [1.807, 2.05) is 24.3 Å². The number of fused-ring (bicyclic) bond motifs is 2. The van der Waals surface area contributed by atoms with Crippen molar-refractivity contribution in [2.24, 2.45) is 0 Å². The highest BCUT2D eigenvalue weighted by Crippen LogP contribution is 2.42. The van der Waals surface area contributed by atoms with Crippen LogP contribution in [0.1, 0.15) is 23.3 Å². The van der Waals surface area contributed by atoms with E-state index in [0.29, 0.717) is 0 Å². The van der Waals surface area contributed by atoms with Crippen molar-refractivity contribution in [1.82, 2.24) is 0 Å². The summed E-state index contributed by atoms with van der Waals surface area (Å²) in [6, 6.07) is 24.0. The molecule has 0 amide bonds. The summed E-state index contributed by atoms with van der Waals surface area (Å²) in [7, 11) is 0. The summed E-state index contributed by atoms with van der Waals surface area (Å²) in [5, 5.41) is 24.0. The number of aliphatic hydroxyl groups is 2. The van der Waals surface area contributed by atoms with Crippen LogP contribution in [-0.2, 0) is 0 Å². The Hall–Kier alpha value is -2.82. The first-order valence-electron chi connectivity index (χ1n) is 8.68. The van der Waals surface area contributed by atoms with Crippen molar-refractivity contribution in [2.75, 3.05) is 0 Å². The third-order valence-electron chi connectivity index (χ3n) is 4.91. The molecule has 4 aromatic carbocycles. The lowest BCUT2D eigenvalue weighted by Crippen LogP contribution is -2.33. The van der Waals surface area contributed by atoms with Gasteiger partial charge in [0.1, 0.15) is 12.2 Å². The number of rotatable bonds is 4. The highest BCUT2D eigenvalue weighted by Gasteiger charge is 2.47. The molecule has 2 unspecified atom stereocenters. The second-order valence-electron chi connectivity index (χ2n) is 6.69. The van der Waals surface area contributed by atoms with Gasteiger partial charge >= 0.3 is 5.92 Å². The van der Waals surface area contributed by atoms with Gasteiger partial charge < -0.3 is 10.2 Å². The Morgan fingerprint density at radius 1 is 0.556 bits per heavy atom. The van der Waals surface area contributed by atoms with Gasteiger partial charge in [0.2, 0.25) is 0 Å². The maximum atomic E-state index is 14.9. The minimum absolute atomic E-state index is 0.0681. The predicted molar refractivity (Wildman–Crippen MR) is 103 cm³/mol. The summed E-state index contributed by atoms with van der Waals surface area (Å²) in [6.45, 7) is 0. The summed E-state index contributed by atoms with van der Waals surface area (Å²) in [5.74, 6) is -3.75. The van der Waals surface area contributed by atoms with Crippen molar-refractivity contribution in [1.29, 1.82) is 0 Å². The van der Waals surface area contributed by atoms with Gasteiger partial charge in [-0.1, -0.05) is 72.8 Å². The van der Waals surface area contributed by atoms with E-state index >= 15 is 0 Å². The fraction of sp³-hybridized carbons (Fsp3) is 0.130. The Balaban J connectivity index is 1.68. The highest BCUT2D eigenvalue weighted by molar-refractivity contribution is 5.84. The molecule has 0 radical (unpaired) electrons. The molecule has 0 aromatic heterocycles. The smallest absolute Gasteiger partial charge is 0.306 e. The van der Waals surface area contributed by atoms with Crippen molar-refractivity contribution in [2.45, 2.75) is 18.1 Å². The average molecular weight is 364 g/mol. The minimum atomic E-state index is -3.75. The number of halogens is 2. The molecule has 0 saturated heterocycles. The summed E-state index contributed by atoms with van der Waals surface area (Å²) in [4.78, 5) is 0. The predicted octanol–water partition coefficient (Wildman–Crippen LogP) is 5.40. The topological polar surface area (TPSA) is 40.5 Å². The standard InChI is InChI=1S/C23H18F2O2/c24-23(25,21(26)19-11-9-15-5-1-3-7-17(15)13-19)22(27)20-12-10-16-6-2-4-8-18(16)14-20/h1-14,21-22,26-27H. The Bertz CT molecular complexity index is 1020. The number of alkyl halides is 2. The van der Waals surface area contributed by atoms with E-state index in [2.05, 4.69) is 0 Å². The molecule has 27 heavy (non-hydrogen) atoms. The molecule has 0 fully saturated rings. The van der Waals surface area contributed by atoms with E-state index in [1.54, 1.807) is 36.4 Å². The molecule has 2 atom stereocenters. The lowest BCUT2D eigenvalue weighted by molar-refractivity contribution is -0.181. The van der Waals surface area contributed by atoms with E-state index in [-0.39, 0.29) is 11.1 Å². The molecular formula is C23H18F2O2. The SMILES string of the molecule is OC(c1ccc2ccccc2c1)C(F)(F)C(O)c1ccc2ccccc2c1. The van der Waals surface area contributed by atoms with Crippen LogP contribution in [0, 0.1) is 0 Å². The van der Waals surface area contributed by atoms with Gasteiger partial charge in [0.25, 0.3) is 0 Å². The maximum absolute atomic E-state index is 14.9. The van der Waals surface area contributed by atoms with E-state index in [9.17, 15) is 19.0 Å². The zero-order valence-corrected chi connectivity index (χ0v) is 14.4. The monoisotopic (exact) mass is 364 g/mol. The average Bonchev–Trinajstić information content (AvgIpc) is 2.71. The quantitative estimate of drug-likeness (QED) is 0.509. The molecule has 2 N–H and O–H groups in total. The molecule has 2 nitrogen and oxygen atoms in total. The molecule has 0 spiro atoms. The lowest BCUT2D eigenvalue weighted by atomic mass is 9.92. The number of hydrogen-bond acceptors (Lipinski definition) is 2. The number of benzene rings is 4. The Labute approximate surface area is 155 Å². The second kappa shape index (κ2) is 6.72. The zero-order chi connectivity index (χ0) is 19.0. The summed E-state index contributed by atoms with van der Waals surface area (Å²) in [5.41, 5.74) is 0.136. The molecule has 4 aromatic rings. The van der Waals surface area contributed by atoms with Gasteiger partial charge in [-0.25, -0.2) is 8.78 Å². The van der Waals surface area contributed by atoms with E-state index < -0.39 is 18.1 Å². The molecule has 0 aliphatic carbocycles. The first-order chi connectivity index (χ1) is 13.0. The van der Waals surface area contributed by atoms with Crippen molar-refractivity contribution >= 4 is 21.5 Å². The molecule has 136 valence electrons. The number of hydrogen-bond donors (Lipinski definition) is 2. The second-order valence-corrected chi connectivity index (χ2v) is 6.69. The molecule has 0 heterocycles. The molecule has 4 rings (SSSR count). The third-order valence-corrected chi connectivity index (χ3v) is 4.91. The Morgan fingerprint density at radius 2 is 0.926 bits per heavy atom. The van der Waals surface area contributed by atoms with Crippen molar-refractivity contribution in [3.05, 3.63) is 96.1 Å². The van der Waals surface area contributed by atoms with Crippen LogP contribution in [0.15, 0.2) is 84.9 Å². The normalized spacial score (nSPS) is 14.4. The van der Waals surface area contributed by atoms with E-state index in [4.69, 9.17) is 0 Å². The van der Waals surface area contributed by atoms with Crippen molar-refractivity contribution < 1.29 is 19.0 Å². The van der Waals surface area contributed by atoms with Crippen LogP contribution in [0.4, 0.5) is 8.78 Å². The summed E-state index contributed by atoms with van der Waals surface area (Å²) in [6.07, 6.45) is -4.24. The van der Waals surface area contributed by atoms with Crippen LogP contribution in [0.25, 0.3) is 21.5 Å². The molecule has 0 aliphatic heterocycles. The Kier molecular flexibility index (Phi) is 4.38. The van der Waals surface area contributed by atoms with E-state index in [0.717, 1.165) is 21.5 Å². The highest BCUT2D eigenvalue weighted by atomic mass is 19.3. The van der Waals surface area contributed by atoms with Gasteiger partial charge in [0.15, 0.2) is 0 Å². The lowest BCUT2D eigenvalue weighted by Gasteiger charge is -2.28. The molecule has 0 saturated carbocycles. The van der Waals surface area contributed by atoms with Crippen LogP contribution in [0.2, 0.25) is 0 Å². The first kappa shape index (κ1) is 17.6. The fourth-order valence-electron chi connectivity index (χ4n) is 3.35. The molecule has 4 heteroatoms. The van der Waals surface area contributed by atoms with Crippen LogP contribution in [0.5, 0.6) is 0 Å². The van der Waals surface area contributed by atoms with Gasteiger partial charge in [0, 0.05) is 0 Å². The van der Waals surface area contributed by atoms with E-state index in [1.165, 1.54) is 24.3 Å². The largest absolute Gasteiger partial charge is 0.382 e. The third kappa shape index (κ3) is 3.18. The zero-order valence-electron chi connectivity index (χ0n) is 14.4. The maximum Gasteiger partial charge on any atom is 0.306 e. The Morgan fingerprint density at radius 3 is 1.33 bits per heavy atom. The molecule has 0 bridgehead atoms. The van der Waals surface area contributed by atoms with Gasteiger partial charge in [-0.2, -0.15) is 0 Å². The van der Waals surface area contributed by atoms with Crippen LogP contribution >= 0.6 is 0 Å². The van der Waals surface area contributed by atoms with Crippen molar-refractivity contribution in [3.8, 4) is 0 Å². The summed E-state index contributed by atoms with van der Waals surface area (Å²) >= 11 is 0. The number of aliphatic hydroxyl groups excluding tert-OH is 2.